The summed E-state index contributed by atoms with van der Waals surface area (Å²) in [5.41, 5.74) is 4.26. The molecule has 1 unspecified atom stereocenters. The SMILES string of the molecule is Clc1ccc(C(Nc2nc3ccccc3[nH]2)c2ccccc2)cc1. The monoisotopic (exact) mass is 333 g/mol. The molecule has 0 amide bonds. The van der Waals surface area contributed by atoms with Crippen LogP contribution in [0.15, 0.2) is 78.9 Å². The smallest absolute Gasteiger partial charge is 0.201 e. The summed E-state index contributed by atoms with van der Waals surface area (Å²) in [4.78, 5) is 7.96. The minimum atomic E-state index is -0.0102. The van der Waals surface area contributed by atoms with Gasteiger partial charge in [0, 0.05) is 5.02 Å². The first-order valence-corrected chi connectivity index (χ1v) is 8.19. The molecule has 0 radical (unpaired) electrons. The van der Waals surface area contributed by atoms with Crippen LogP contribution in [0.4, 0.5) is 5.95 Å². The van der Waals surface area contributed by atoms with E-state index in [4.69, 9.17) is 11.6 Å². The summed E-state index contributed by atoms with van der Waals surface area (Å²) in [7, 11) is 0. The van der Waals surface area contributed by atoms with Gasteiger partial charge in [0.05, 0.1) is 17.1 Å². The summed E-state index contributed by atoms with van der Waals surface area (Å²) in [6.45, 7) is 0. The number of nitrogens with zero attached hydrogens (tertiary/aromatic N) is 1. The summed E-state index contributed by atoms with van der Waals surface area (Å²) in [6.07, 6.45) is 0. The molecule has 4 aromatic rings. The van der Waals surface area contributed by atoms with Gasteiger partial charge < -0.3 is 10.3 Å². The van der Waals surface area contributed by atoms with Crippen molar-refractivity contribution in [2.75, 3.05) is 5.32 Å². The van der Waals surface area contributed by atoms with Crippen LogP contribution in [0.2, 0.25) is 5.02 Å². The van der Waals surface area contributed by atoms with E-state index in [9.17, 15) is 0 Å². The molecular weight excluding hydrogens is 318 g/mol. The molecule has 118 valence electrons. The quantitative estimate of drug-likeness (QED) is 0.523. The Bertz CT molecular complexity index is 912. The van der Waals surface area contributed by atoms with Gasteiger partial charge in [0.25, 0.3) is 0 Å². The van der Waals surface area contributed by atoms with Crippen molar-refractivity contribution in [3.63, 3.8) is 0 Å². The highest BCUT2D eigenvalue weighted by atomic mass is 35.5. The first kappa shape index (κ1) is 14.8. The van der Waals surface area contributed by atoms with Gasteiger partial charge in [0.2, 0.25) is 5.95 Å². The van der Waals surface area contributed by atoms with Crippen LogP contribution in [0.1, 0.15) is 17.2 Å². The topological polar surface area (TPSA) is 40.7 Å². The number of nitrogens with one attached hydrogen (secondary N) is 2. The Kier molecular flexibility index (Phi) is 3.93. The van der Waals surface area contributed by atoms with Crippen LogP contribution < -0.4 is 5.32 Å². The molecule has 0 fully saturated rings. The van der Waals surface area contributed by atoms with Gasteiger partial charge in [0.1, 0.15) is 0 Å². The molecule has 24 heavy (non-hydrogen) atoms. The maximum absolute atomic E-state index is 6.04. The van der Waals surface area contributed by atoms with Gasteiger partial charge in [-0.05, 0) is 35.4 Å². The van der Waals surface area contributed by atoms with E-state index in [0.29, 0.717) is 0 Å². The first-order valence-electron chi connectivity index (χ1n) is 7.81. The van der Waals surface area contributed by atoms with E-state index in [0.717, 1.165) is 27.6 Å². The molecule has 4 rings (SSSR count). The second-order valence-corrected chi connectivity index (χ2v) is 6.08. The highest BCUT2D eigenvalue weighted by Crippen LogP contribution is 2.27. The lowest BCUT2D eigenvalue weighted by molar-refractivity contribution is 0.920. The van der Waals surface area contributed by atoms with Gasteiger partial charge in [-0.25, -0.2) is 4.98 Å². The Balaban J connectivity index is 1.73. The van der Waals surface area contributed by atoms with Crippen molar-refractivity contribution in [2.45, 2.75) is 6.04 Å². The van der Waals surface area contributed by atoms with Crippen molar-refractivity contribution in [3.8, 4) is 0 Å². The van der Waals surface area contributed by atoms with Crippen LogP contribution in [0.3, 0.4) is 0 Å². The predicted molar refractivity (Wildman–Crippen MR) is 99.5 cm³/mol. The van der Waals surface area contributed by atoms with Crippen LogP contribution in [0, 0.1) is 0 Å². The third-order valence-corrected chi connectivity index (χ3v) is 4.26. The molecule has 0 bridgehead atoms. The molecule has 3 aromatic carbocycles. The summed E-state index contributed by atoms with van der Waals surface area (Å²) in [5, 5.41) is 4.24. The number of hydrogen-bond donors (Lipinski definition) is 2. The van der Waals surface area contributed by atoms with Gasteiger partial charge in [-0.2, -0.15) is 0 Å². The van der Waals surface area contributed by atoms with Gasteiger partial charge in [-0.15, -0.1) is 0 Å². The molecule has 1 heterocycles. The number of aromatic nitrogens is 2. The van der Waals surface area contributed by atoms with E-state index in [1.807, 2.05) is 66.7 Å². The Hall–Kier alpha value is -2.78. The van der Waals surface area contributed by atoms with E-state index in [1.165, 1.54) is 5.56 Å². The molecule has 1 aromatic heterocycles. The average molecular weight is 334 g/mol. The number of benzene rings is 3. The number of aromatic amines is 1. The summed E-state index contributed by atoms with van der Waals surface area (Å²) in [5.74, 6) is 0.750. The second-order valence-electron chi connectivity index (χ2n) is 5.64. The Morgan fingerprint density at radius 3 is 2.21 bits per heavy atom. The van der Waals surface area contributed by atoms with E-state index in [-0.39, 0.29) is 6.04 Å². The van der Waals surface area contributed by atoms with Crippen molar-refractivity contribution in [1.29, 1.82) is 0 Å². The molecule has 0 saturated heterocycles. The van der Waals surface area contributed by atoms with E-state index in [1.54, 1.807) is 0 Å². The fourth-order valence-electron chi connectivity index (χ4n) is 2.82. The Morgan fingerprint density at radius 1 is 0.792 bits per heavy atom. The molecule has 0 aliphatic rings. The molecule has 0 saturated carbocycles. The number of rotatable bonds is 4. The fourth-order valence-corrected chi connectivity index (χ4v) is 2.94. The van der Waals surface area contributed by atoms with Crippen LogP contribution in [-0.4, -0.2) is 9.97 Å². The standard InChI is InChI=1S/C20H16ClN3/c21-16-12-10-15(11-13-16)19(14-6-2-1-3-7-14)24-20-22-17-8-4-5-9-18(17)23-20/h1-13,19H,(H2,22,23,24). The largest absolute Gasteiger partial charge is 0.345 e. The minimum absolute atomic E-state index is 0.0102. The van der Waals surface area contributed by atoms with Gasteiger partial charge >= 0.3 is 0 Å². The number of para-hydroxylation sites is 2. The average Bonchev–Trinajstić information content (AvgIpc) is 3.04. The van der Waals surface area contributed by atoms with Crippen molar-refractivity contribution in [1.82, 2.24) is 9.97 Å². The zero-order valence-corrected chi connectivity index (χ0v) is 13.7. The molecule has 0 aliphatic carbocycles. The lowest BCUT2D eigenvalue weighted by atomic mass is 9.99. The van der Waals surface area contributed by atoms with Crippen molar-refractivity contribution >= 4 is 28.6 Å². The maximum atomic E-state index is 6.04. The number of anilines is 1. The van der Waals surface area contributed by atoms with Gasteiger partial charge in [-0.3, -0.25) is 0 Å². The molecular formula is C20H16ClN3. The second kappa shape index (κ2) is 6.38. The highest BCUT2D eigenvalue weighted by Gasteiger charge is 2.15. The number of imidazole rings is 1. The predicted octanol–water partition coefficient (Wildman–Crippen LogP) is 5.42. The lowest BCUT2D eigenvalue weighted by Gasteiger charge is -2.19. The third-order valence-electron chi connectivity index (χ3n) is 4.01. The highest BCUT2D eigenvalue weighted by molar-refractivity contribution is 6.30. The van der Waals surface area contributed by atoms with Crippen LogP contribution in [-0.2, 0) is 0 Å². The molecule has 2 N–H and O–H groups in total. The number of halogens is 1. The zero-order chi connectivity index (χ0) is 16.4. The van der Waals surface area contributed by atoms with Crippen molar-refractivity contribution in [3.05, 3.63) is 95.0 Å². The van der Waals surface area contributed by atoms with E-state index in [2.05, 4.69) is 27.4 Å². The van der Waals surface area contributed by atoms with E-state index < -0.39 is 0 Å². The molecule has 0 aliphatic heterocycles. The number of hydrogen-bond acceptors (Lipinski definition) is 2. The summed E-state index contributed by atoms with van der Waals surface area (Å²) >= 11 is 6.04. The van der Waals surface area contributed by atoms with Gasteiger partial charge in [0.15, 0.2) is 0 Å². The van der Waals surface area contributed by atoms with Gasteiger partial charge in [-0.1, -0.05) is 66.2 Å². The van der Waals surface area contributed by atoms with Crippen LogP contribution in [0.5, 0.6) is 0 Å². The Morgan fingerprint density at radius 2 is 1.46 bits per heavy atom. The first-order chi connectivity index (χ1) is 11.8. The fraction of sp³-hybridized carbons (Fsp3) is 0.0500. The van der Waals surface area contributed by atoms with Crippen LogP contribution in [0.25, 0.3) is 11.0 Å². The molecule has 0 spiro atoms. The van der Waals surface area contributed by atoms with E-state index >= 15 is 0 Å². The summed E-state index contributed by atoms with van der Waals surface area (Å²) in [6, 6.07) is 26.2. The molecule has 3 nitrogen and oxygen atoms in total. The normalized spacial score (nSPS) is 12.2. The summed E-state index contributed by atoms with van der Waals surface area (Å²) < 4.78 is 0. The maximum Gasteiger partial charge on any atom is 0.201 e. The van der Waals surface area contributed by atoms with Crippen LogP contribution >= 0.6 is 11.6 Å². The minimum Gasteiger partial charge on any atom is -0.345 e. The third kappa shape index (κ3) is 2.99. The Labute approximate surface area is 145 Å². The lowest BCUT2D eigenvalue weighted by Crippen LogP contribution is -2.13. The molecule has 1 atom stereocenters. The molecule has 4 heteroatoms. The van der Waals surface area contributed by atoms with Crippen molar-refractivity contribution < 1.29 is 0 Å². The number of fused-ring (bicyclic) bond motifs is 1. The number of H-pyrrole nitrogens is 1. The zero-order valence-electron chi connectivity index (χ0n) is 12.9. The van der Waals surface area contributed by atoms with Crippen molar-refractivity contribution in [2.24, 2.45) is 0 Å².